The fraction of sp³-hybridized carbons (Fsp3) is 0.438. The lowest BCUT2D eigenvalue weighted by molar-refractivity contribution is -0.137. The lowest BCUT2D eigenvalue weighted by Gasteiger charge is -2.13. The average molecular weight is 292 g/mol. The van der Waals surface area contributed by atoms with E-state index in [1.807, 2.05) is 0 Å². The number of unbranched alkanes of at least 4 members (excludes halogenated alkanes) is 1. The smallest absolute Gasteiger partial charge is 0.303 e. The van der Waals surface area contributed by atoms with Crippen LogP contribution in [-0.2, 0) is 9.59 Å². The highest BCUT2D eigenvalue weighted by Gasteiger charge is 2.24. The van der Waals surface area contributed by atoms with Gasteiger partial charge in [0, 0.05) is 12.0 Å². The Morgan fingerprint density at radius 2 is 1.95 bits per heavy atom. The van der Waals surface area contributed by atoms with Crippen molar-refractivity contribution in [2.24, 2.45) is 5.92 Å². The number of hydrogen-bond donors (Lipinski definition) is 1. The zero-order valence-electron chi connectivity index (χ0n) is 12.3. The van der Waals surface area contributed by atoms with Gasteiger partial charge in [0.2, 0.25) is 0 Å². The van der Waals surface area contributed by atoms with Gasteiger partial charge in [-0.25, -0.2) is 0 Å². The summed E-state index contributed by atoms with van der Waals surface area (Å²) in [5.74, 6) is -1.46. The van der Waals surface area contributed by atoms with Crippen LogP contribution >= 0.6 is 0 Å². The van der Waals surface area contributed by atoms with Gasteiger partial charge in [-0.15, -0.1) is 0 Å². The Kier molecular flexibility index (Phi) is 6.59. The first-order valence-electron chi connectivity index (χ1n) is 6.86. The van der Waals surface area contributed by atoms with Crippen LogP contribution in [0.1, 0.15) is 43.0 Å². The second-order valence-corrected chi connectivity index (χ2v) is 4.90. The summed E-state index contributed by atoms with van der Waals surface area (Å²) >= 11 is 0. The molecule has 0 fully saturated rings. The number of Topliss-reactive ketones (excluding diaryl/α,β-unsaturated/α-hetero) is 2. The summed E-state index contributed by atoms with van der Waals surface area (Å²) < 4.78 is 5.07. The van der Waals surface area contributed by atoms with Crippen LogP contribution in [-0.4, -0.2) is 29.8 Å². The summed E-state index contributed by atoms with van der Waals surface area (Å²) in [6.45, 7) is 1.39. The van der Waals surface area contributed by atoms with Gasteiger partial charge in [0.1, 0.15) is 11.5 Å². The van der Waals surface area contributed by atoms with Gasteiger partial charge in [0.25, 0.3) is 0 Å². The van der Waals surface area contributed by atoms with Crippen molar-refractivity contribution in [3.05, 3.63) is 29.8 Å². The summed E-state index contributed by atoms with van der Waals surface area (Å²) in [5, 5.41) is 8.58. The van der Waals surface area contributed by atoms with Crippen molar-refractivity contribution in [2.45, 2.75) is 32.6 Å². The van der Waals surface area contributed by atoms with Crippen LogP contribution in [0.2, 0.25) is 0 Å². The lowest BCUT2D eigenvalue weighted by Crippen LogP contribution is -2.22. The molecule has 1 rings (SSSR count). The van der Waals surface area contributed by atoms with Crippen LogP contribution in [0.3, 0.4) is 0 Å². The quantitative estimate of drug-likeness (QED) is 0.430. The Morgan fingerprint density at radius 3 is 2.52 bits per heavy atom. The molecule has 0 aliphatic carbocycles. The van der Waals surface area contributed by atoms with Crippen molar-refractivity contribution in [1.29, 1.82) is 0 Å². The van der Waals surface area contributed by atoms with Gasteiger partial charge in [0.05, 0.1) is 13.0 Å². The number of carboxylic acids is 1. The van der Waals surface area contributed by atoms with Crippen LogP contribution in [0.25, 0.3) is 0 Å². The fourth-order valence-corrected chi connectivity index (χ4v) is 2.12. The summed E-state index contributed by atoms with van der Waals surface area (Å²) in [6, 6.07) is 6.69. The number of carbonyl (C=O) groups excluding carboxylic acids is 2. The van der Waals surface area contributed by atoms with Crippen LogP contribution < -0.4 is 4.74 Å². The standard InChI is InChI=1S/C16H20O5/c1-11(17)14(8-3-4-9-15(18)19)16(20)12-6-5-7-13(10-12)21-2/h5-7,10,14H,3-4,8-9H2,1-2H3,(H,18,19). The van der Waals surface area contributed by atoms with Crippen molar-refractivity contribution < 1.29 is 24.2 Å². The maximum atomic E-state index is 12.4. The number of ether oxygens (including phenoxy) is 1. The first-order valence-corrected chi connectivity index (χ1v) is 6.86. The summed E-state index contributed by atoms with van der Waals surface area (Å²) in [5.41, 5.74) is 0.438. The molecule has 1 aromatic carbocycles. The summed E-state index contributed by atoms with van der Waals surface area (Å²) in [6.07, 6.45) is 1.42. The predicted octanol–water partition coefficient (Wildman–Crippen LogP) is 2.73. The molecule has 1 aromatic rings. The summed E-state index contributed by atoms with van der Waals surface area (Å²) in [4.78, 5) is 34.5. The van der Waals surface area contributed by atoms with Gasteiger partial charge in [-0.05, 0) is 31.9 Å². The molecule has 0 radical (unpaired) electrons. The molecule has 0 aliphatic heterocycles. The lowest BCUT2D eigenvalue weighted by atomic mass is 9.89. The van der Waals surface area contributed by atoms with E-state index < -0.39 is 11.9 Å². The zero-order chi connectivity index (χ0) is 15.8. The third-order valence-electron chi connectivity index (χ3n) is 3.29. The molecule has 21 heavy (non-hydrogen) atoms. The van der Waals surface area contributed by atoms with Crippen LogP contribution in [0.15, 0.2) is 24.3 Å². The van der Waals surface area contributed by atoms with Gasteiger partial charge >= 0.3 is 5.97 Å². The molecule has 0 aliphatic rings. The number of ketones is 2. The third kappa shape index (κ3) is 5.38. The van der Waals surface area contributed by atoms with E-state index >= 15 is 0 Å². The third-order valence-corrected chi connectivity index (χ3v) is 3.29. The van der Waals surface area contributed by atoms with E-state index in [1.54, 1.807) is 24.3 Å². The average Bonchev–Trinajstić information content (AvgIpc) is 2.46. The molecule has 1 atom stereocenters. The highest BCUT2D eigenvalue weighted by atomic mass is 16.5. The minimum atomic E-state index is -0.867. The Morgan fingerprint density at radius 1 is 1.24 bits per heavy atom. The zero-order valence-corrected chi connectivity index (χ0v) is 12.3. The Hall–Kier alpha value is -2.17. The van der Waals surface area contributed by atoms with Crippen molar-refractivity contribution >= 4 is 17.5 Å². The maximum Gasteiger partial charge on any atom is 0.303 e. The van der Waals surface area contributed by atoms with Crippen molar-refractivity contribution in [3.63, 3.8) is 0 Å². The number of methoxy groups -OCH3 is 1. The van der Waals surface area contributed by atoms with Gasteiger partial charge in [-0.1, -0.05) is 18.6 Å². The molecule has 0 heterocycles. The molecular weight excluding hydrogens is 272 g/mol. The molecule has 5 heteroatoms. The first kappa shape index (κ1) is 16.9. The van der Waals surface area contributed by atoms with E-state index in [2.05, 4.69) is 0 Å². The van der Waals surface area contributed by atoms with Gasteiger partial charge < -0.3 is 9.84 Å². The monoisotopic (exact) mass is 292 g/mol. The van der Waals surface area contributed by atoms with E-state index in [4.69, 9.17) is 9.84 Å². The minimum Gasteiger partial charge on any atom is -0.497 e. The molecule has 0 bridgehead atoms. The second kappa shape index (κ2) is 8.19. The molecule has 114 valence electrons. The number of aliphatic carboxylic acids is 1. The first-order chi connectivity index (χ1) is 9.95. The van der Waals surface area contributed by atoms with Gasteiger partial charge in [-0.3, -0.25) is 14.4 Å². The van der Waals surface area contributed by atoms with Gasteiger partial charge in [0.15, 0.2) is 5.78 Å². The number of carboxylic acid groups (broad SMARTS) is 1. The normalized spacial score (nSPS) is 11.7. The van der Waals surface area contributed by atoms with E-state index in [1.165, 1.54) is 14.0 Å². The molecule has 0 spiro atoms. The van der Waals surface area contributed by atoms with E-state index in [0.717, 1.165) is 0 Å². The largest absolute Gasteiger partial charge is 0.497 e. The maximum absolute atomic E-state index is 12.4. The van der Waals surface area contributed by atoms with Crippen molar-refractivity contribution in [2.75, 3.05) is 7.11 Å². The highest BCUT2D eigenvalue weighted by Crippen LogP contribution is 2.20. The number of rotatable bonds is 9. The Balaban J connectivity index is 2.72. The molecule has 0 aromatic heterocycles. The Bertz CT molecular complexity index is 521. The van der Waals surface area contributed by atoms with E-state index in [0.29, 0.717) is 30.6 Å². The second-order valence-electron chi connectivity index (χ2n) is 4.90. The summed E-state index contributed by atoms with van der Waals surface area (Å²) in [7, 11) is 1.51. The molecular formula is C16H20O5. The number of benzene rings is 1. The molecule has 0 saturated carbocycles. The van der Waals surface area contributed by atoms with E-state index in [-0.39, 0.29) is 18.0 Å². The molecule has 0 saturated heterocycles. The Labute approximate surface area is 123 Å². The predicted molar refractivity (Wildman–Crippen MR) is 77.6 cm³/mol. The molecule has 1 unspecified atom stereocenters. The molecule has 5 nitrogen and oxygen atoms in total. The highest BCUT2D eigenvalue weighted by molar-refractivity contribution is 6.10. The molecule has 1 N–H and O–H groups in total. The topological polar surface area (TPSA) is 80.7 Å². The molecule has 0 amide bonds. The SMILES string of the molecule is COc1cccc(C(=O)C(CCCCC(=O)O)C(C)=O)c1. The minimum absolute atomic E-state index is 0.0535. The van der Waals surface area contributed by atoms with Crippen LogP contribution in [0.5, 0.6) is 5.75 Å². The van der Waals surface area contributed by atoms with Crippen molar-refractivity contribution in [3.8, 4) is 5.75 Å². The number of hydrogen-bond acceptors (Lipinski definition) is 4. The fourth-order valence-electron chi connectivity index (χ4n) is 2.12. The number of carbonyl (C=O) groups is 3. The van der Waals surface area contributed by atoms with Gasteiger partial charge in [-0.2, -0.15) is 0 Å². The van der Waals surface area contributed by atoms with E-state index in [9.17, 15) is 14.4 Å². The van der Waals surface area contributed by atoms with Crippen molar-refractivity contribution in [1.82, 2.24) is 0 Å². The van der Waals surface area contributed by atoms with Crippen LogP contribution in [0, 0.1) is 5.92 Å². The van der Waals surface area contributed by atoms with Crippen LogP contribution in [0.4, 0.5) is 0 Å².